The highest BCUT2D eigenvalue weighted by Gasteiger charge is 2.17. The van der Waals surface area contributed by atoms with Gasteiger partial charge in [-0.25, -0.2) is 17.9 Å². The number of carbonyl (C=O) groups is 1. The van der Waals surface area contributed by atoms with Crippen molar-refractivity contribution < 1.29 is 17.9 Å². The predicted molar refractivity (Wildman–Crippen MR) is 65.0 cm³/mol. The van der Waals surface area contributed by atoms with Crippen LogP contribution < -0.4 is 21.7 Å². The maximum Gasteiger partial charge on any atom is 0.404 e. The second-order valence-corrected chi connectivity index (χ2v) is 4.94. The zero-order valence-corrected chi connectivity index (χ0v) is 10.2. The zero-order valence-electron chi connectivity index (χ0n) is 9.42. The van der Waals surface area contributed by atoms with Crippen molar-refractivity contribution in [1.29, 1.82) is 0 Å². The van der Waals surface area contributed by atoms with Gasteiger partial charge in [-0.05, 0) is 12.1 Å². The Hall–Kier alpha value is -1.84. The Morgan fingerprint density at radius 1 is 1.33 bits per heavy atom. The van der Waals surface area contributed by atoms with Gasteiger partial charge in [0.05, 0.1) is 5.69 Å². The number of nitrogens with one attached hydrogen (secondary N) is 2. The van der Waals surface area contributed by atoms with Crippen molar-refractivity contribution in [2.75, 3.05) is 18.6 Å². The lowest BCUT2D eigenvalue weighted by atomic mass is 10.3. The predicted octanol–water partition coefficient (Wildman–Crippen LogP) is -0.654. The molecule has 0 heterocycles. The smallest absolute Gasteiger partial charge is 0.404 e. The minimum absolute atomic E-state index is 0.00609. The van der Waals surface area contributed by atoms with Crippen LogP contribution >= 0.6 is 0 Å². The van der Waals surface area contributed by atoms with Crippen molar-refractivity contribution in [3.8, 4) is 0 Å². The van der Waals surface area contributed by atoms with E-state index >= 15 is 0 Å². The fraction of sp³-hybridized carbons (Fsp3) is 0.222. The molecule has 0 atom stereocenters. The summed E-state index contributed by atoms with van der Waals surface area (Å²) in [5, 5.41) is 0. The van der Waals surface area contributed by atoms with Gasteiger partial charge in [-0.3, -0.25) is 5.84 Å². The molecule has 0 aliphatic carbocycles. The van der Waals surface area contributed by atoms with Gasteiger partial charge < -0.3 is 15.9 Å². The minimum Gasteiger partial charge on any atom is -0.448 e. The van der Waals surface area contributed by atoms with Gasteiger partial charge in [0.1, 0.15) is 11.5 Å². The average molecular weight is 274 g/mol. The first-order valence-corrected chi connectivity index (χ1v) is 6.43. The summed E-state index contributed by atoms with van der Waals surface area (Å²) in [5.74, 6) is 5.21. The van der Waals surface area contributed by atoms with E-state index in [1.165, 1.54) is 12.1 Å². The number of nitrogens with two attached hydrogens (primary N) is 2. The molecule has 18 heavy (non-hydrogen) atoms. The number of ether oxygens (including phenoxy) is 1. The molecule has 6 N–H and O–H groups in total. The van der Waals surface area contributed by atoms with Gasteiger partial charge in [-0.15, -0.1) is 0 Å². The molecule has 0 aliphatic heterocycles. The summed E-state index contributed by atoms with van der Waals surface area (Å²) in [6.45, 7) is -0.225. The van der Waals surface area contributed by atoms with E-state index in [-0.39, 0.29) is 23.7 Å². The number of carbonyl (C=O) groups excluding carboxylic acids is 1. The zero-order chi connectivity index (χ0) is 13.6. The van der Waals surface area contributed by atoms with E-state index in [0.717, 1.165) is 0 Å². The first-order valence-electron chi connectivity index (χ1n) is 4.95. The van der Waals surface area contributed by atoms with E-state index in [0.29, 0.717) is 0 Å². The minimum atomic E-state index is -3.73. The molecule has 0 aromatic heterocycles. The lowest BCUT2D eigenvalue weighted by molar-refractivity contribution is 0.159. The summed E-state index contributed by atoms with van der Waals surface area (Å²) in [4.78, 5) is 10.3. The summed E-state index contributed by atoms with van der Waals surface area (Å²) in [7, 11) is -3.73. The van der Waals surface area contributed by atoms with Crippen molar-refractivity contribution >= 4 is 21.8 Å². The van der Waals surface area contributed by atoms with E-state index < -0.39 is 16.1 Å². The van der Waals surface area contributed by atoms with Gasteiger partial charge in [0.2, 0.25) is 10.0 Å². The number of nitrogen functional groups attached to an aromatic ring is 1. The Labute approximate surface area is 104 Å². The second-order valence-electron chi connectivity index (χ2n) is 3.21. The molecule has 8 nitrogen and oxygen atoms in total. The van der Waals surface area contributed by atoms with E-state index in [1.807, 2.05) is 0 Å². The molecule has 9 heteroatoms. The normalized spacial score (nSPS) is 10.9. The maximum absolute atomic E-state index is 11.9. The van der Waals surface area contributed by atoms with Crippen molar-refractivity contribution in [2.24, 2.45) is 11.6 Å². The fourth-order valence-corrected chi connectivity index (χ4v) is 2.41. The highest BCUT2D eigenvalue weighted by atomic mass is 32.2. The first kappa shape index (κ1) is 14.2. The third-order valence-electron chi connectivity index (χ3n) is 1.97. The molecule has 0 fully saturated rings. The van der Waals surface area contributed by atoms with Gasteiger partial charge in [0.15, 0.2) is 0 Å². The van der Waals surface area contributed by atoms with Gasteiger partial charge in [0, 0.05) is 6.54 Å². The molecule has 0 radical (unpaired) electrons. The Bertz CT molecular complexity index is 517. The van der Waals surface area contributed by atoms with Crippen LogP contribution in [0.3, 0.4) is 0 Å². The van der Waals surface area contributed by atoms with Crippen molar-refractivity contribution in [3.63, 3.8) is 0 Å². The molecule has 0 saturated heterocycles. The van der Waals surface area contributed by atoms with Crippen molar-refractivity contribution in [3.05, 3.63) is 24.3 Å². The molecule has 0 unspecified atom stereocenters. The van der Waals surface area contributed by atoms with Crippen LogP contribution in [-0.2, 0) is 14.8 Å². The molecule has 1 amide bonds. The SMILES string of the molecule is NNc1ccccc1S(=O)(=O)NCCOC(N)=O. The molecular weight excluding hydrogens is 260 g/mol. The second kappa shape index (κ2) is 6.19. The Morgan fingerprint density at radius 3 is 2.61 bits per heavy atom. The topological polar surface area (TPSA) is 137 Å². The highest BCUT2D eigenvalue weighted by molar-refractivity contribution is 7.89. The van der Waals surface area contributed by atoms with Crippen LogP contribution in [0.5, 0.6) is 0 Å². The Kier molecular flexibility index (Phi) is 4.89. The van der Waals surface area contributed by atoms with E-state index in [1.54, 1.807) is 12.1 Å². The number of sulfonamides is 1. The highest BCUT2D eigenvalue weighted by Crippen LogP contribution is 2.18. The van der Waals surface area contributed by atoms with Crippen LogP contribution in [0.2, 0.25) is 0 Å². The fourth-order valence-electron chi connectivity index (χ4n) is 1.23. The molecule has 0 aliphatic rings. The lowest BCUT2D eigenvalue weighted by Gasteiger charge is -2.10. The van der Waals surface area contributed by atoms with Crippen LogP contribution in [0.1, 0.15) is 0 Å². The quantitative estimate of drug-likeness (QED) is 0.309. The number of hydrogen-bond acceptors (Lipinski definition) is 6. The molecule has 1 aromatic carbocycles. The van der Waals surface area contributed by atoms with Crippen LogP contribution in [0.25, 0.3) is 0 Å². The van der Waals surface area contributed by atoms with Gasteiger partial charge >= 0.3 is 6.09 Å². The molecule has 1 aromatic rings. The van der Waals surface area contributed by atoms with Gasteiger partial charge in [-0.1, -0.05) is 12.1 Å². The molecule has 0 bridgehead atoms. The van der Waals surface area contributed by atoms with Gasteiger partial charge in [-0.2, -0.15) is 0 Å². The summed E-state index contributed by atoms with van der Waals surface area (Å²) in [5.41, 5.74) is 7.28. The molecule has 0 spiro atoms. The van der Waals surface area contributed by atoms with Crippen LogP contribution in [-0.4, -0.2) is 27.7 Å². The standard InChI is InChI=1S/C9H14N4O4S/c10-9(14)17-6-5-12-18(15,16)8-4-2-1-3-7(8)13-11/h1-4,12-13H,5-6,11H2,(H2,10,14). The van der Waals surface area contributed by atoms with Crippen molar-refractivity contribution in [1.82, 2.24) is 4.72 Å². The van der Waals surface area contributed by atoms with Crippen LogP contribution in [0, 0.1) is 0 Å². The Balaban J connectivity index is 2.71. The number of amides is 1. The van der Waals surface area contributed by atoms with E-state index in [2.05, 4.69) is 14.9 Å². The average Bonchev–Trinajstić information content (AvgIpc) is 2.34. The van der Waals surface area contributed by atoms with E-state index in [4.69, 9.17) is 11.6 Å². The monoisotopic (exact) mass is 274 g/mol. The largest absolute Gasteiger partial charge is 0.448 e. The molecule has 100 valence electrons. The number of hydrazine groups is 1. The molecular formula is C9H14N4O4S. The van der Waals surface area contributed by atoms with Gasteiger partial charge in [0.25, 0.3) is 0 Å². The molecule has 1 rings (SSSR count). The summed E-state index contributed by atoms with van der Waals surface area (Å²) in [6, 6.07) is 6.13. The number of primary amides is 1. The number of hydrogen-bond donors (Lipinski definition) is 4. The summed E-state index contributed by atoms with van der Waals surface area (Å²) < 4.78 is 30.4. The van der Waals surface area contributed by atoms with Crippen LogP contribution in [0.4, 0.5) is 10.5 Å². The lowest BCUT2D eigenvalue weighted by Crippen LogP contribution is -2.30. The third-order valence-corrected chi connectivity index (χ3v) is 3.49. The number of rotatable bonds is 6. The maximum atomic E-state index is 11.9. The summed E-state index contributed by atoms with van der Waals surface area (Å²) >= 11 is 0. The number of para-hydroxylation sites is 1. The molecule has 0 saturated carbocycles. The Morgan fingerprint density at radius 2 is 2.00 bits per heavy atom. The first-order chi connectivity index (χ1) is 8.47. The van der Waals surface area contributed by atoms with E-state index in [9.17, 15) is 13.2 Å². The third kappa shape index (κ3) is 3.87. The van der Waals surface area contributed by atoms with Crippen molar-refractivity contribution in [2.45, 2.75) is 4.90 Å². The summed E-state index contributed by atoms with van der Waals surface area (Å²) in [6.07, 6.45) is -0.960. The van der Waals surface area contributed by atoms with Crippen LogP contribution in [0.15, 0.2) is 29.2 Å². The number of benzene rings is 1. The number of anilines is 1.